The first-order valence-corrected chi connectivity index (χ1v) is 15.8. The Balaban J connectivity index is 1.78. The molecule has 0 radical (unpaired) electrons. The number of amides is 2. The number of rotatable bonds is 13. The van der Waals surface area contributed by atoms with Crippen molar-refractivity contribution in [1.82, 2.24) is 10.2 Å². The smallest absolute Gasteiger partial charge is 0.243 e. The molecule has 2 aromatic carbocycles. The van der Waals surface area contributed by atoms with Crippen molar-refractivity contribution in [1.29, 1.82) is 0 Å². The molecule has 1 N–H and O–H groups in total. The number of hydrogen-bond donors (Lipinski definition) is 1. The number of carbonyl (C=O) groups is 2. The lowest BCUT2D eigenvalue weighted by atomic mass is 9.95. The Hall–Kier alpha value is -2.78. The van der Waals surface area contributed by atoms with E-state index in [9.17, 15) is 18.0 Å². The first-order chi connectivity index (χ1) is 18.7. The van der Waals surface area contributed by atoms with Crippen molar-refractivity contribution in [3.05, 3.63) is 59.1 Å². The number of hydrogen-bond acceptors (Lipinski definition) is 5. The third-order valence-electron chi connectivity index (χ3n) is 7.14. The maximum Gasteiger partial charge on any atom is 0.243 e. The molecular formula is C29H40ClN3O5S. The highest BCUT2D eigenvalue weighted by molar-refractivity contribution is 7.92. The highest BCUT2D eigenvalue weighted by atomic mass is 35.5. The Labute approximate surface area is 237 Å². The van der Waals surface area contributed by atoms with Crippen LogP contribution in [0.5, 0.6) is 5.75 Å². The number of anilines is 1. The van der Waals surface area contributed by atoms with E-state index in [0.29, 0.717) is 22.9 Å². The second-order valence-corrected chi connectivity index (χ2v) is 12.3. The predicted octanol–water partition coefficient (Wildman–Crippen LogP) is 5.15. The van der Waals surface area contributed by atoms with Crippen LogP contribution in [0.2, 0.25) is 5.02 Å². The number of nitrogens with one attached hydrogen (secondary N) is 1. The molecule has 214 valence electrons. The fourth-order valence-corrected chi connectivity index (χ4v) is 6.26. The molecule has 39 heavy (non-hydrogen) atoms. The maximum atomic E-state index is 13.7. The van der Waals surface area contributed by atoms with Gasteiger partial charge in [0.15, 0.2) is 0 Å². The van der Waals surface area contributed by atoms with Crippen molar-refractivity contribution in [3.8, 4) is 5.75 Å². The van der Waals surface area contributed by atoms with Gasteiger partial charge in [0.1, 0.15) is 11.8 Å². The number of para-hydroxylation sites is 2. The van der Waals surface area contributed by atoms with Gasteiger partial charge < -0.3 is 15.0 Å². The highest BCUT2D eigenvalue weighted by Crippen LogP contribution is 2.30. The highest BCUT2D eigenvalue weighted by Gasteiger charge is 2.31. The van der Waals surface area contributed by atoms with Gasteiger partial charge in [-0.1, -0.05) is 68.1 Å². The quantitative estimate of drug-likeness (QED) is 0.355. The number of sulfonamides is 1. The summed E-state index contributed by atoms with van der Waals surface area (Å²) in [5.74, 6) is 0.0469. The van der Waals surface area contributed by atoms with Gasteiger partial charge in [-0.2, -0.15) is 0 Å². The minimum Gasteiger partial charge on any atom is -0.495 e. The summed E-state index contributed by atoms with van der Waals surface area (Å²) in [6.07, 6.45) is 7.18. The molecule has 2 amide bonds. The molecule has 0 saturated heterocycles. The zero-order chi connectivity index (χ0) is 28.4. The van der Waals surface area contributed by atoms with Gasteiger partial charge in [0.25, 0.3) is 0 Å². The van der Waals surface area contributed by atoms with Crippen molar-refractivity contribution in [2.75, 3.05) is 24.2 Å². The van der Waals surface area contributed by atoms with Crippen molar-refractivity contribution in [3.63, 3.8) is 0 Å². The molecule has 0 bridgehead atoms. The van der Waals surface area contributed by atoms with Crippen molar-refractivity contribution < 1.29 is 22.7 Å². The van der Waals surface area contributed by atoms with E-state index < -0.39 is 16.1 Å². The van der Waals surface area contributed by atoms with Crippen LogP contribution in [0.15, 0.2) is 48.5 Å². The number of carbonyl (C=O) groups excluding carboxylic acids is 2. The molecular weight excluding hydrogens is 538 g/mol. The first-order valence-electron chi connectivity index (χ1n) is 13.6. The zero-order valence-electron chi connectivity index (χ0n) is 23.1. The van der Waals surface area contributed by atoms with E-state index in [-0.39, 0.29) is 43.8 Å². The maximum absolute atomic E-state index is 13.7. The van der Waals surface area contributed by atoms with Crippen LogP contribution in [0.25, 0.3) is 0 Å². The third kappa shape index (κ3) is 8.60. The minimum atomic E-state index is -3.63. The molecule has 10 heteroatoms. The standard InChI is InChI=1S/C29H40ClN3O5S/c1-4-25(29(35)31-23-14-6-5-7-15-23)32(21-22-13-8-9-16-24(22)30)28(34)19-12-20-33(39(3,36)37)26-17-10-11-18-27(26)38-2/h8-11,13,16-18,23,25H,4-7,12,14-15,19-21H2,1-3H3,(H,31,35). The summed E-state index contributed by atoms with van der Waals surface area (Å²) in [7, 11) is -2.14. The van der Waals surface area contributed by atoms with Gasteiger partial charge in [-0.05, 0) is 49.4 Å². The molecule has 2 aromatic rings. The van der Waals surface area contributed by atoms with E-state index in [1.54, 1.807) is 35.2 Å². The van der Waals surface area contributed by atoms with Crippen LogP contribution in [0, 0.1) is 0 Å². The van der Waals surface area contributed by atoms with Gasteiger partial charge in [0.2, 0.25) is 21.8 Å². The molecule has 1 atom stereocenters. The molecule has 8 nitrogen and oxygen atoms in total. The summed E-state index contributed by atoms with van der Waals surface area (Å²) in [6, 6.07) is 13.6. The summed E-state index contributed by atoms with van der Waals surface area (Å²) in [4.78, 5) is 28.6. The largest absolute Gasteiger partial charge is 0.495 e. The van der Waals surface area contributed by atoms with Crippen LogP contribution in [0.4, 0.5) is 5.69 Å². The lowest BCUT2D eigenvalue weighted by molar-refractivity contribution is -0.141. The first kappa shape index (κ1) is 30.8. The number of halogens is 1. The molecule has 1 saturated carbocycles. The number of ether oxygens (including phenoxy) is 1. The topological polar surface area (TPSA) is 96.0 Å². The summed E-state index contributed by atoms with van der Waals surface area (Å²) >= 11 is 6.42. The van der Waals surface area contributed by atoms with Gasteiger partial charge in [0.05, 0.1) is 19.1 Å². The van der Waals surface area contributed by atoms with Crippen LogP contribution >= 0.6 is 11.6 Å². The summed E-state index contributed by atoms with van der Waals surface area (Å²) in [6.45, 7) is 2.18. The number of benzene rings is 2. The van der Waals surface area contributed by atoms with E-state index in [4.69, 9.17) is 16.3 Å². The monoisotopic (exact) mass is 577 g/mol. The fraction of sp³-hybridized carbons (Fsp3) is 0.517. The Morgan fingerprint density at radius 1 is 1.08 bits per heavy atom. The normalized spacial score (nSPS) is 14.9. The second-order valence-electron chi connectivity index (χ2n) is 9.99. The Kier molecular flexibility index (Phi) is 11.5. The lowest BCUT2D eigenvalue weighted by Crippen LogP contribution is -2.51. The summed E-state index contributed by atoms with van der Waals surface area (Å²) in [5.41, 5.74) is 1.17. The minimum absolute atomic E-state index is 0.0683. The van der Waals surface area contributed by atoms with Gasteiger partial charge in [0, 0.05) is 30.6 Å². The van der Waals surface area contributed by atoms with Gasteiger partial charge in [-0.3, -0.25) is 13.9 Å². The average molecular weight is 578 g/mol. The molecule has 1 unspecified atom stereocenters. The van der Waals surface area contributed by atoms with Gasteiger partial charge in [-0.15, -0.1) is 0 Å². The summed E-state index contributed by atoms with van der Waals surface area (Å²) < 4.78 is 31.9. The van der Waals surface area contributed by atoms with Crippen LogP contribution in [-0.2, 0) is 26.2 Å². The lowest BCUT2D eigenvalue weighted by Gasteiger charge is -2.33. The van der Waals surface area contributed by atoms with E-state index in [1.165, 1.54) is 17.8 Å². The van der Waals surface area contributed by atoms with E-state index in [2.05, 4.69) is 5.32 Å². The molecule has 0 heterocycles. The van der Waals surface area contributed by atoms with Crippen LogP contribution in [-0.4, -0.2) is 57.1 Å². The average Bonchev–Trinajstić information content (AvgIpc) is 2.91. The molecule has 1 aliphatic carbocycles. The Morgan fingerprint density at radius 2 is 1.74 bits per heavy atom. The molecule has 3 rings (SSSR count). The van der Waals surface area contributed by atoms with Crippen molar-refractivity contribution >= 4 is 39.1 Å². The SMILES string of the molecule is CCC(C(=O)NC1CCCCC1)N(Cc1ccccc1Cl)C(=O)CCCN(c1ccccc1OC)S(C)(=O)=O. The van der Waals surface area contributed by atoms with Gasteiger partial charge >= 0.3 is 0 Å². The second kappa shape index (κ2) is 14.6. The van der Waals surface area contributed by atoms with Gasteiger partial charge in [-0.25, -0.2) is 8.42 Å². The Bertz CT molecular complexity index is 1220. The fourth-order valence-electron chi connectivity index (χ4n) is 5.09. The van der Waals surface area contributed by atoms with Crippen LogP contribution in [0.1, 0.15) is 63.9 Å². The molecule has 1 aliphatic rings. The third-order valence-corrected chi connectivity index (χ3v) is 8.69. The van der Waals surface area contributed by atoms with E-state index in [0.717, 1.165) is 37.5 Å². The van der Waals surface area contributed by atoms with Crippen molar-refractivity contribution in [2.45, 2.75) is 76.9 Å². The summed E-state index contributed by atoms with van der Waals surface area (Å²) in [5, 5.41) is 3.69. The molecule has 1 fully saturated rings. The number of methoxy groups -OCH3 is 1. The van der Waals surface area contributed by atoms with Crippen molar-refractivity contribution in [2.24, 2.45) is 0 Å². The predicted molar refractivity (Wildman–Crippen MR) is 156 cm³/mol. The van der Waals surface area contributed by atoms with E-state index in [1.807, 2.05) is 25.1 Å². The van der Waals surface area contributed by atoms with Crippen LogP contribution < -0.4 is 14.4 Å². The zero-order valence-corrected chi connectivity index (χ0v) is 24.6. The number of nitrogens with zero attached hydrogens (tertiary/aromatic N) is 2. The van der Waals surface area contributed by atoms with Crippen LogP contribution in [0.3, 0.4) is 0 Å². The van der Waals surface area contributed by atoms with E-state index >= 15 is 0 Å². The molecule has 0 spiro atoms. The Morgan fingerprint density at radius 3 is 2.38 bits per heavy atom. The molecule has 0 aliphatic heterocycles. The molecule has 0 aromatic heterocycles.